The van der Waals surface area contributed by atoms with Gasteiger partial charge in [0.25, 0.3) is 5.91 Å². The lowest BCUT2D eigenvalue weighted by Gasteiger charge is -2.31. The maximum absolute atomic E-state index is 12.6. The zero-order chi connectivity index (χ0) is 16.7. The number of carbonyl (C=O) groups excluding carboxylic acids is 1. The van der Waals surface area contributed by atoms with Gasteiger partial charge in [0.1, 0.15) is 17.7 Å². The summed E-state index contributed by atoms with van der Waals surface area (Å²) in [5.74, 6) is 0.00493. The van der Waals surface area contributed by atoms with Gasteiger partial charge in [-0.05, 0) is 31.0 Å². The summed E-state index contributed by atoms with van der Waals surface area (Å²) >= 11 is 0. The molecule has 0 spiro atoms. The minimum absolute atomic E-state index is 0.00493. The quantitative estimate of drug-likeness (QED) is 0.864. The van der Waals surface area contributed by atoms with Gasteiger partial charge in [-0.3, -0.25) is 4.79 Å². The monoisotopic (exact) mass is 308 g/mol. The Balaban J connectivity index is 2.09. The van der Waals surface area contributed by atoms with Crippen LogP contribution in [-0.4, -0.2) is 23.9 Å². The maximum atomic E-state index is 12.6. The van der Waals surface area contributed by atoms with Crippen molar-refractivity contribution >= 4 is 11.6 Å². The van der Waals surface area contributed by atoms with E-state index in [1.807, 2.05) is 11.9 Å². The van der Waals surface area contributed by atoms with E-state index in [1.165, 1.54) is 25.5 Å². The molecular formula is C18H20N4O. The highest BCUT2D eigenvalue weighted by Gasteiger charge is 2.22. The molecule has 0 aliphatic heterocycles. The number of benzene rings is 1. The Morgan fingerprint density at radius 2 is 1.96 bits per heavy atom. The molecule has 1 N–H and O–H groups in total. The molecular weight excluding hydrogens is 288 g/mol. The largest absolute Gasteiger partial charge is 0.360 e. The molecule has 1 fully saturated rings. The number of hydrogen-bond donors (Lipinski definition) is 1. The molecule has 1 amide bonds. The third-order valence-corrected chi connectivity index (χ3v) is 4.18. The van der Waals surface area contributed by atoms with E-state index in [-0.39, 0.29) is 11.5 Å². The van der Waals surface area contributed by atoms with Crippen molar-refractivity contribution in [2.75, 3.05) is 12.4 Å². The molecule has 0 saturated heterocycles. The molecule has 1 aliphatic carbocycles. The number of nitrogens with zero attached hydrogens (tertiary/aromatic N) is 3. The van der Waals surface area contributed by atoms with Gasteiger partial charge in [0.2, 0.25) is 0 Å². The number of nitrogens with one attached hydrogen (secondary N) is 1. The number of carbonyl (C=O) groups is 1. The van der Waals surface area contributed by atoms with Gasteiger partial charge in [0.15, 0.2) is 0 Å². The predicted molar refractivity (Wildman–Crippen MR) is 88.3 cm³/mol. The van der Waals surface area contributed by atoms with Gasteiger partial charge >= 0.3 is 0 Å². The molecule has 1 aromatic carbocycles. The number of anilines is 1. The molecule has 0 radical (unpaired) electrons. The normalized spacial score (nSPS) is 14.2. The van der Waals surface area contributed by atoms with Crippen LogP contribution in [0.5, 0.6) is 0 Å². The van der Waals surface area contributed by atoms with Crippen LogP contribution in [-0.2, 0) is 0 Å². The van der Waals surface area contributed by atoms with E-state index in [0.29, 0.717) is 17.3 Å². The van der Waals surface area contributed by atoms with E-state index in [2.05, 4.69) is 5.32 Å². The first-order chi connectivity index (χ1) is 11.2. The van der Waals surface area contributed by atoms with Gasteiger partial charge < -0.3 is 10.2 Å². The van der Waals surface area contributed by atoms with E-state index in [4.69, 9.17) is 10.5 Å². The second-order valence-electron chi connectivity index (χ2n) is 5.71. The molecule has 0 atom stereocenters. The standard InChI is InChI=1S/C18H20N4O/c1-22(17-8-3-2-4-9-17)18(23)15-6-5-7-16(10-15)21-13-14(11-19)12-20/h5-7,10,13,17,21H,2-4,8-9H2,1H3. The lowest BCUT2D eigenvalue weighted by Crippen LogP contribution is -2.38. The van der Waals surface area contributed by atoms with Crippen molar-refractivity contribution in [2.45, 2.75) is 38.1 Å². The van der Waals surface area contributed by atoms with Crippen molar-refractivity contribution in [1.29, 1.82) is 10.5 Å². The van der Waals surface area contributed by atoms with Crippen LogP contribution in [0.25, 0.3) is 0 Å². The van der Waals surface area contributed by atoms with Crippen LogP contribution in [0.3, 0.4) is 0 Å². The highest BCUT2D eigenvalue weighted by Crippen LogP contribution is 2.23. The predicted octanol–water partition coefficient (Wildman–Crippen LogP) is 3.43. The summed E-state index contributed by atoms with van der Waals surface area (Å²) in [7, 11) is 1.86. The van der Waals surface area contributed by atoms with E-state index in [9.17, 15) is 4.79 Å². The third-order valence-electron chi connectivity index (χ3n) is 4.18. The first-order valence-corrected chi connectivity index (χ1v) is 7.80. The molecule has 1 aliphatic rings. The Kier molecular flexibility index (Phi) is 5.77. The molecule has 0 aromatic heterocycles. The van der Waals surface area contributed by atoms with E-state index in [0.717, 1.165) is 12.8 Å². The van der Waals surface area contributed by atoms with Crippen LogP contribution in [0.2, 0.25) is 0 Å². The first-order valence-electron chi connectivity index (χ1n) is 7.80. The summed E-state index contributed by atoms with van der Waals surface area (Å²) in [5, 5.41) is 20.3. The Hall–Kier alpha value is -2.79. The summed E-state index contributed by atoms with van der Waals surface area (Å²) in [6.07, 6.45) is 7.09. The van der Waals surface area contributed by atoms with E-state index < -0.39 is 0 Å². The van der Waals surface area contributed by atoms with Gasteiger partial charge in [0, 0.05) is 30.5 Å². The van der Waals surface area contributed by atoms with Gasteiger partial charge in [-0.1, -0.05) is 25.3 Å². The van der Waals surface area contributed by atoms with E-state index in [1.54, 1.807) is 36.4 Å². The van der Waals surface area contributed by atoms with Gasteiger partial charge in [-0.2, -0.15) is 10.5 Å². The summed E-state index contributed by atoms with van der Waals surface area (Å²) in [5.41, 5.74) is 1.27. The zero-order valence-electron chi connectivity index (χ0n) is 13.2. The van der Waals surface area contributed by atoms with Crippen LogP contribution >= 0.6 is 0 Å². The minimum atomic E-state index is -0.0129. The van der Waals surface area contributed by atoms with Crippen molar-refractivity contribution in [2.24, 2.45) is 0 Å². The highest BCUT2D eigenvalue weighted by molar-refractivity contribution is 5.95. The number of amides is 1. The van der Waals surface area contributed by atoms with Crippen LogP contribution in [0, 0.1) is 22.7 Å². The molecule has 1 aromatic rings. The summed E-state index contributed by atoms with van der Waals surface area (Å²) < 4.78 is 0. The van der Waals surface area contributed by atoms with Crippen molar-refractivity contribution in [3.05, 3.63) is 41.6 Å². The van der Waals surface area contributed by atoms with Gasteiger partial charge in [-0.25, -0.2) is 0 Å². The SMILES string of the molecule is CN(C(=O)c1cccc(NC=C(C#N)C#N)c1)C1CCCCC1. The highest BCUT2D eigenvalue weighted by atomic mass is 16.2. The van der Waals surface area contributed by atoms with Crippen LogP contribution in [0.15, 0.2) is 36.0 Å². The molecule has 2 rings (SSSR count). The van der Waals surface area contributed by atoms with Gasteiger partial charge in [-0.15, -0.1) is 0 Å². The third kappa shape index (κ3) is 4.34. The molecule has 118 valence electrons. The van der Waals surface area contributed by atoms with Gasteiger partial charge in [0.05, 0.1) is 0 Å². The lowest BCUT2D eigenvalue weighted by molar-refractivity contribution is 0.0696. The number of rotatable bonds is 4. The fraction of sp³-hybridized carbons (Fsp3) is 0.389. The second-order valence-corrected chi connectivity index (χ2v) is 5.71. The van der Waals surface area contributed by atoms with Crippen molar-refractivity contribution in [3.8, 4) is 12.1 Å². The summed E-state index contributed by atoms with van der Waals surface area (Å²) in [6.45, 7) is 0. The Labute approximate surface area is 136 Å². The summed E-state index contributed by atoms with van der Waals surface area (Å²) in [6, 6.07) is 11.0. The molecule has 0 unspecified atom stereocenters. The van der Waals surface area contributed by atoms with Crippen molar-refractivity contribution in [3.63, 3.8) is 0 Å². The lowest BCUT2D eigenvalue weighted by atomic mass is 9.94. The van der Waals surface area contributed by atoms with E-state index >= 15 is 0 Å². The van der Waals surface area contributed by atoms with Crippen LogP contribution in [0.4, 0.5) is 5.69 Å². The Morgan fingerprint density at radius 1 is 1.26 bits per heavy atom. The Bertz CT molecular complexity index is 659. The van der Waals surface area contributed by atoms with Crippen molar-refractivity contribution < 1.29 is 4.79 Å². The maximum Gasteiger partial charge on any atom is 0.253 e. The average molecular weight is 308 g/mol. The van der Waals surface area contributed by atoms with Crippen LogP contribution < -0.4 is 5.32 Å². The van der Waals surface area contributed by atoms with Crippen molar-refractivity contribution in [1.82, 2.24) is 4.90 Å². The number of hydrogen-bond acceptors (Lipinski definition) is 4. The Morgan fingerprint density at radius 3 is 2.61 bits per heavy atom. The van der Waals surface area contributed by atoms with Crippen LogP contribution in [0.1, 0.15) is 42.5 Å². The fourth-order valence-electron chi connectivity index (χ4n) is 2.82. The zero-order valence-corrected chi connectivity index (χ0v) is 13.2. The topological polar surface area (TPSA) is 79.9 Å². The fourth-order valence-corrected chi connectivity index (χ4v) is 2.82. The number of nitriles is 2. The molecule has 5 nitrogen and oxygen atoms in total. The molecule has 0 bridgehead atoms. The summed E-state index contributed by atoms with van der Waals surface area (Å²) in [4.78, 5) is 14.5. The second kappa shape index (κ2) is 8.00. The first kappa shape index (κ1) is 16.6. The molecule has 5 heteroatoms. The molecule has 1 saturated carbocycles. The molecule has 23 heavy (non-hydrogen) atoms. The smallest absolute Gasteiger partial charge is 0.253 e. The number of allylic oxidation sites excluding steroid dienone is 1. The average Bonchev–Trinajstić information content (AvgIpc) is 2.62. The molecule has 0 heterocycles. The minimum Gasteiger partial charge on any atom is -0.360 e.